The first-order valence-corrected chi connectivity index (χ1v) is 8.94. The Labute approximate surface area is 142 Å². The maximum absolute atomic E-state index is 5.73. The second-order valence-electron chi connectivity index (χ2n) is 5.77. The van der Waals surface area contributed by atoms with Crippen LogP contribution in [0.15, 0.2) is 16.6 Å². The number of rotatable bonds is 8. The van der Waals surface area contributed by atoms with Gasteiger partial charge in [0.1, 0.15) is 0 Å². The summed E-state index contributed by atoms with van der Waals surface area (Å²) < 4.78 is 12.2. The lowest BCUT2D eigenvalue weighted by Gasteiger charge is -2.23. The molecule has 1 fully saturated rings. The van der Waals surface area contributed by atoms with E-state index >= 15 is 0 Å². The molecule has 0 atom stereocenters. The first-order valence-electron chi connectivity index (χ1n) is 8.15. The van der Waals surface area contributed by atoms with Crippen molar-refractivity contribution >= 4 is 15.9 Å². The number of hydrogen-bond donors (Lipinski definition) is 2. The molecule has 0 amide bonds. The molecule has 1 aromatic carbocycles. The van der Waals surface area contributed by atoms with Crippen LogP contribution in [0.3, 0.4) is 0 Å². The van der Waals surface area contributed by atoms with Gasteiger partial charge in [-0.25, -0.2) is 0 Å². The van der Waals surface area contributed by atoms with Crippen molar-refractivity contribution in [2.75, 3.05) is 33.4 Å². The maximum atomic E-state index is 5.73. The van der Waals surface area contributed by atoms with Crippen LogP contribution >= 0.6 is 15.9 Å². The Morgan fingerprint density at radius 1 is 1.27 bits per heavy atom. The van der Waals surface area contributed by atoms with E-state index in [1.54, 1.807) is 7.11 Å². The molecule has 2 N–H and O–H groups in total. The molecule has 0 unspecified atom stereocenters. The second kappa shape index (κ2) is 9.38. The molecule has 4 nitrogen and oxygen atoms in total. The fourth-order valence-electron chi connectivity index (χ4n) is 2.69. The van der Waals surface area contributed by atoms with Crippen LogP contribution in [0.2, 0.25) is 0 Å². The Kier molecular flexibility index (Phi) is 7.49. The van der Waals surface area contributed by atoms with Crippen molar-refractivity contribution in [1.82, 2.24) is 10.6 Å². The molecule has 1 aliphatic heterocycles. The van der Waals surface area contributed by atoms with Crippen LogP contribution < -0.4 is 20.1 Å². The number of hydrogen-bond acceptors (Lipinski definition) is 4. The first kappa shape index (κ1) is 17.6. The quantitative estimate of drug-likeness (QED) is 0.736. The zero-order chi connectivity index (χ0) is 15.8. The standard InChI is InChI=1S/C17H27BrN2O2/c1-3-8-22-17-10-15(18)14(9-16(17)21-2)12-20-11-13-4-6-19-7-5-13/h9-10,13,19-20H,3-8,11-12H2,1-2H3. The molecule has 1 aliphatic rings. The summed E-state index contributed by atoms with van der Waals surface area (Å²) >= 11 is 3.64. The van der Waals surface area contributed by atoms with E-state index in [2.05, 4.69) is 39.6 Å². The van der Waals surface area contributed by atoms with Gasteiger partial charge in [0.2, 0.25) is 0 Å². The van der Waals surface area contributed by atoms with Gasteiger partial charge in [-0.1, -0.05) is 22.9 Å². The van der Waals surface area contributed by atoms with Gasteiger partial charge < -0.3 is 20.1 Å². The highest BCUT2D eigenvalue weighted by atomic mass is 79.9. The highest BCUT2D eigenvalue weighted by Gasteiger charge is 2.14. The lowest BCUT2D eigenvalue weighted by Crippen LogP contribution is -2.33. The molecular formula is C17H27BrN2O2. The van der Waals surface area contributed by atoms with Crippen LogP contribution in [-0.4, -0.2) is 33.4 Å². The topological polar surface area (TPSA) is 42.5 Å². The van der Waals surface area contributed by atoms with E-state index < -0.39 is 0 Å². The van der Waals surface area contributed by atoms with Gasteiger partial charge >= 0.3 is 0 Å². The van der Waals surface area contributed by atoms with Crippen molar-refractivity contribution in [2.45, 2.75) is 32.7 Å². The lowest BCUT2D eigenvalue weighted by atomic mass is 9.98. The minimum atomic E-state index is 0.704. The van der Waals surface area contributed by atoms with Crippen LogP contribution in [0.4, 0.5) is 0 Å². The SMILES string of the molecule is CCCOc1cc(Br)c(CNCC2CCNCC2)cc1OC. The number of methoxy groups -OCH3 is 1. The molecule has 0 saturated carbocycles. The molecule has 0 radical (unpaired) electrons. The molecule has 1 heterocycles. The third-order valence-electron chi connectivity index (χ3n) is 4.00. The van der Waals surface area contributed by atoms with Crippen molar-refractivity contribution in [3.8, 4) is 11.5 Å². The summed E-state index contributed by atoms with van der Waals surface area (Å²) in [4.78, 5) is 0. The molecule has 5 heteroatoms. The normalized spacial score (nSPS) is 15.8. The van der Waals surface area contributed by atoms with Crippen molar-refractivity contribution in [3.05, 3.63) is 22.2 Å². The lowest BCUT2D eigenvalue weighted by molar-refractivity contribution is 0.293. The largest absolute Gasteiger partial charge is 0.493 e. The molecule has 0 spiro atoms. The van der Waals surface area contributed by atoms with E-state index in [-0.39, 0.29) is 0 Å². The Bertz CT molecular complexity index is 462. The van der Waals surface area contributed by atoms with Crippen molar-refractivity contribution in [1.29, 1.82) is 0 Å². The van der Waals surface area contributed by atoms with E-state index in [4.69, 9.17) is 9.47 Å². The molecule has 0 bridgehead atoms. The van der Waals surface area contributed by atoms with Gasteiger partial charge in [-0.2, -0.15) is 0 Å². The summed E-state index contributed by atoms with van der Waals surface area (Å²) in [6.45, 7) is 7.01. The molecule has 124 valence electrons. The van der Waals surface area contributed by atoms with Gasteiger partial charge in [0, 0.05) is 11.0 Å². The van der Waals surface area contributed by atoms with E-state index in [1.165, 1.54) is 18.4 Å². The molecule has 22 heavy (non-hydrogen) atoms. The van der Waals surface area contributed by atoms with Gasteiger partial charge in [0.05, 0.1) is 13.7 Å². The zero-order valence-corrected chi connectivity index (χ0v) is 15.2. The summed E-state index contributed by atoms with van der Waals surface area (Å²) in [7, 11) is 1.69. The van der Waals surface area contributed by atoms with Crippen LogP contribution in [0.1, 0.15) is 31.7 Å². The van der Waals surface area contributed by atoms with Crippen LogP contribution in [0.5, 0.6) is 11.5 Å². The minimum absolute atomic E-state index is 0.704. The third-order valence-corrected chi connectivity index (χ3v) is 4.74. The number of ether oxygens (including phenoxy) is 2. The van der Waals surface area contributed by atoms with Gasteiger partial charge in [-0.05, 0) is 62.5 Å². The van der Waals surface area contributed by atoms with Gasteiger partial charge in [-0.3, -0.25) is 0 Å². The highest BCUT2D eigenvalue weighted by Crippen LogP contribution is 2.33. The number of nitrogens with one attached hydrogen (secondary N) is 2. The Morgan fingerprint density at radius 3 is 2.73 bits per heavy atom. The number of halogens is 1. The Balaban J connectivity index is 1.92. The summed E-state index contributed by atoms with van der Waals surface area (Å²) in [5.41, 5.74) is 1.20. The van der Waals surface area contributed by atoms with Crippen molar-refractivity contribution in [3.63, 3.8) is 0 Å². The van der Waals surface area contributed by atoms with E-state index in [0.717, 1.165) is 54.5 Å². The molecule has 0 aliphatic carbocycles. The third kappa shape index (κ3) is 5.14. The van der Waals surface area contributed by atoms with Crippen LogP contribution in [0, 0.1) is 5.92 Å². The van der Waals surface area contributed by atoms with Gasteiger partial charge in [0.15, 0.2) is 11.5 Å². The molecule has 1 aromatic rings. The maximum Gasteiger partial charge on any atom is 0.162 e. The smallest absolute Gasteiger partial charge is 0.162 e. The summed E-state index contributed by atoms with van der Waals surface area (Å²) in [5.74, 6) is 2.39. The predicted octanol–water partition coefficient (Wildman–Crippen LogP) is 3.34. The monoisotopic (exact) mass is 370 g/mol. The van der Waals surface area contributed by atoms with Crippen LogP contribution in [0.25, 0.3) is 0 Å². The second-order valence-corrected chi connectivity index (χ2v) is 6.62. The highest BCUT2D eigenvalue weighted by molar-refractivity contribution is 9.10. The fraction of sp³-hybridized carbons (Fsp3) is 0.647. The molecule has 0 aromatic heterocycles. The molecular weight excluding hydrogens is 344 g/mol. The molecule has 2 rings (SSSR count). The van der Waals surface area contributed by atoms with E-state index in [9.17, 15) is 0 Å². The fourth-order valence-corrected chi connectivity index (χ4v) is 3.16. The van der Waals surface area contributed by atoms with E-state index in [0.29, 0.717) is 6.61 Å². The Morgan fingerprint density at radius 2 is 2.05 bits per heavy atom. The summed E-state index contributed by atoms with van der Waals surface area (Å²) in [6, 6.07) is 4.07. The van der Waals surface area contributed by atoms with Crippen molar-refractivity contribution < 1.29 is 9.47 Å². The molecule has 1 saturated heterocycles. The summed E-state index contributed by atoms with van der Waals surface area (Å²) in [6.07, 6.45) is 3.52. The zero-order valence-electron chi connectivity index (χ0n) is 13.6. The average Bonchev–Trinajstić information content (AvgIpc) is 2.55. The predicted molar refractivity (Wildman–Crippen MR) is 93.8 cm³/mol. The van der Waals surface area contributed by atoms with Crippen molar-refractivity contribution in [2.24, 2.45) is 5.92 Å². The van der Waals surface area contributed by atoms with Gasteiger partial charge in [0.25, 0.3) is 0 Å². The minimum Gasteiger partial charge on any atom is -0.493 e. The first-order chi connectivity index (χ1) is 10.7. The Hall–Kier alpha value is -0.780. The number of benzene rings is 1. The van der Waals surface area contributed by atoms with Crippen LogP contribution in [-0.2, 0) is 6.54 Å². The van der Waals surface area contributed by atoms with Gasteiger partial charge in [-0.15, -0.1) is 0 Å². The average molecular weight is 371 g/mol. The van der Waals surface area contributed by atoms with E-state index in [1.807, 2.05) is 6.07 Å². The number of piperidine rings is 1. The summed E-state index contributed by atoms with van der Waals surface area (Å²) in [5, 5.41) is 6.98.